The smallest absolute Gasteiger partial charge is 0.413 e. The summed E-state index contributed by atoms with van der Waals surface area (Å²) in [6.45, 7) is 0. The number of hydrogen-bond donors (Lipinski definition) is 1. The van der Waals surface area contributed by atoms with E-state index in [-0.39, 0.29) is 49.8 Å². The van der Waals surface area contributed by atoms with Crippen molar-refractivity contribution in [3.8, 4) is 5.75 Å². The van der Waals surface area contributed by atoms with Crippen molar-refractivity contribution in [2.45, 2.75) is 31.1 Å². The van der Waals surface area contributed by atoms with Crippen molar-refractivity contribution in [3.63, 3.8) is 0 Å². The van der Waals surface area contributed by atoms with Crippen LogP contribution in [-0.2, 0) is 25.7 Å². The van der Waals surface area contributed by atoms with E-state index in [0.717, 1.165) is 42.9 Å². The fourth-order valence-corrected chi connectivity index (χ4v) is 9.33. The molecule has 0 amide bonds. The first-order valence-electron chi connectivity index (χ1n) is 15.7. The topological polar surface area (TPSA) is 209 Å². The van der Waals surface area contributed by atoms with Crippen LogP contribution in [0.2, 0.25) is 0 Å². The number of Topliss-reactive ketones (excluding diaryl/α,β-unsaturated/α-hetero) is 2. The molecule has 0 aromatic heterocycles. The number of rotatable bonds is 7. The number of carbonyl (C=O) groups excluding carboxylic acids is 2. The molecule has 0 heterocycles. The first kappa shape index (κ1) is 33.6. The lowest BCUT2D eigenvalue weighted by Gasteiger charge is -2.31. The summed E-state index contributed by atoms with van der Waals surface area (Å²) in [5.74, 6) is -1.26. The lowest BCUT2D eigenvalue weighted by molar-refractivity contribution is -0.117. The third-order valence-electron chi connectivity index (χ3n) is 9.57. The van der Waals surface area contributed by atoms with E-state index >= 15 is 0 Å². The van der Waals surface area contributed by atoms with Crippen LogP contribution in [0.5, 0.6) is 5.75 Å². The number of allylic oxidation sites excluding steroid dienone is 2. The minimum absolute atomic E-state index is 0.0262. The van der Waals surface area contributed by atoms with Gasteiger partial charge in [0.25, 0.3) is 11.6 Å². The maximum Gasteiger partial charge on any atom is 0.413 e. The molecule has 0 unspecified atom stereocenters. The van der Waals surface area contributed by atoms with Gasteiger partial charge in [-0.05, 0) is 41.7 Å². The molecule has 1 N–H and O–H groups in total. The molecule has 0 bridgehead atoms. The standard InChI is InChI=1S/C37H26N4O8S2/c38-40-30-21-31(26-7-1-2-8-27(26)34(30)42)51(47,48)49-25-17-15-24(16-18-25)37(19-5-6-20-37)23-13-11-22(12-14-23)32-33(41-39)35(43)28-9-3-4-10-29(28)36(32)50(44,45)46/h1-4,7-18,21,38H,5-6,19-20H2. The van der Waals surface area contributed by atoms with Gasteiger partial charge in [0.15, 0.2) is 0 Å². The number of fused-ring (bicyclic) bond motifs is 2. The molecule has 4 aromatic rings. The highest BCUT2D eigenvalue weighted by Crippen LogP contribution is 2.47. The summed E-state index contributed by atoms with van der Waals surface area (Å²) >= 11 is 0. The van der Waals surface area contributed by atoms with E-state index < -0.39 is 47.8 Å². The monoisotopic (exact) mass is 718 g/mol. The second-order valence-corrected chi connectivity index (χ2v) is 15.1. The molecule has 0 aliphatic heterocycles. The van der Waals surface area contributed by atoms with Crippen molar-refractivity contribution in [2.24, 2.45) is 0 Å². The molecule has 254 valence electrons. The van der Waals surface area contributed by atoms with E-state index in [4.69, 9.17) is 9.71 Å². The van der Waals surface area contributed by atoms with Gasteiger partial charge in [-0.25, -0.2) is 8.42 Å². The van der Waals surface area contributed by atoms with Crippen molar-refractivity contribution in [3.05, 3.63) is 148 Å². The zero-order valence-corrected chi connectivity index (χ0v) is 28.2. The molecular formula is C37H26N4O8S2. The molecule has 1 fully saturated rings. The highest BCUT2D eigenvalue weighted by atomic mass is 32.2. The molecule has 7 rings (SSSR count). The van der Waals surface area contributed by atoms with Crippen LogP contribution in [0.3, 0.4) is 0 Å². The first-order valence-corrected chi connectivity index (χ1v) is 18.5. The largest absolute Gasteiger partial charge is 0.744 e. The third kappa shape index (κ3) is 5.61. The van der Waals surface area contributed by atoms with E-state index in [1.807, 2.05) is 0 Å². The average molecular weight is 719 g/mol. The highest BCUT2D eigenvalue weighted by Gasteiger charge is 2.42. The number of carbonyl (C=O) groups is 2. The molecule has 14 heteroatoms. The fourth-order valence-electron chi connectivity index (χ4n) is 7.26. The van der Waals surface area contributed by atoms with Gasteiger partial charge in [-0.2, -0.15) is 13.2 Å². The molecule has 1 saturated carbocycles. The van der Waals surface area contributed by atoms with Gasteiger partial charge in [0.1, 0.15) is 20.8 Å². The van der Waals surface area contributed by atoms with Gasteiger partial charge < -0.3 is 14.3 Å². The molecule has 0 spiro atoms. The molecule has 0 radical (unpaired) electrons. The van der Waals surface area contributed by atoms with E-state index in [9.17, 15) is 36.5 Å². The van der Waals surface area contributed by atoms with E-state index in [1.165, 1.54) is 48.5 Å². The fraction of sp³-hybridized carbons (Fsp3) is 0.135. The Balaban J connectivity index is 1.23. The Morgan fingerprint density at radius 2 is 1.25 bits per heavy atom. The van der Waals surface area contributed by atoms with Crippen molar-refractivity contribution in [1.82, 2.24) is 0 Å². The second kappa shape index (κ2) is 12.5. The van der Waals surface area contributed by atoms with Crippen LogP contribution < -0.4 is 4.18 Å². The van der Waals surface area contributed by atoms with Crippen molar-refractivity contribution >= 4 is 58.6 Å². The summed E-state index contributed by atoms with van der Waals surface area (Å²) < 4.78 is 70.2. The normalized spacial score (nSPS) is 16.9. The molecule has 0 atom stereocenters. The SMILES string of the molecule is [N-]=[N+]=C1C(=O)c2ccccc2C(S(=O)(=O)[O-])=C1c1ccc(C2(c3ccc(OS(=O)(=O)C4=CC(=[N+]=N)C(=O)c5ccccc54)cc3)CCCC2)cc1. The van der Waals surface area contributed by atoms with Crippen molar-refractivity contribution in [2.75, 3.05) is 0 Å². The Morgan fingerprint density at radius 1 is 0.725 bits per heavy atom. The minimum atomic E-state index is -5.13. The molecule has 51 heavy (non-hydrogen) atoms. The second-order valence-electron chi connectivity index (χ2n) is 12.3. The van der Waals surface area contributed by atoms with Crippen molar-refractivity contribution in [1.29, 1.82) is 5.53 Å². The Labute approximate surface area is 292 Å². The van der Waals surface area contributed by atoms with Gasteiger partial charge in [0.05, 0.1) is 26.9 Å². The first-order chi connectivity index (χ1) is 24.4. The van der Waals surface area contributed by atoms with Crippen LogP contribution in [0, 0.1) is 5.53 Å². The van der Waals surface area contributed by atoms with Crippen LogP contribution in [-0.4, -0.2) is 54.0 Å². The van der Waals surface area contributed by atoms with Gasteiger partial charge in [-0.3, -0.25) is 9.59 Å². The minimum Gasteiger partial charge on any atom is -0.744 e. The Hall–Kier alpha value is -5.88. The maximum absolute atomic E-state index is 13.5. The van der Waals surface area contributed by atoms with E-state index in [2.05, 4.69) is 9.58 Å². The van der Waals surface area contributed by atoms with Crippen LogP contribution in [0.1, 0.15) is 74.2 Å². The molecule has 3 aliphatic carbocycles. The summed E-state index contributed by atoms with van der Waals surface area (Å²) in [5, 5.41) is 0. The van der Waals surface area contributed by atoms with Gasteiger partial charge in [-0.1, -0.05) is 97.8 Å². The zero-order chi connectivity index (χ0) is 36.1. The number of hydrogen-bond acceptors (Lipinski definition) is 9. The van der Waals surface area contributed by atoms with Gasteiger partial charge in [0, 0.05) is 27.7 Å². The van der Waals surface area contributed by atoms with Crippen LogP contribution in [0.15, 0.2) is 103 Å². The summed E-state index contributed by atoms with van der Waals surface area (Å²) in [6.07, 6.45) is 4.32. The van der Waals surface area contributed by atoms with E-state index in [0.29, 0.717) is 0 Å². The molecule has 3 aliphatic rings. The summed E-state index contributed by atoms with van der Waals surface area (Å²) in [5.41, 5.74) is 17.5. The Morgan fingerprint density at radius 3 is 1.80 bits per heavy atom. The average Bonchev–Trinajstić information content (AvgIpc) is 3.63. The predicted molar refractivity (Wildman–Crippen MR) is 184 cm³/mol. The zero-order valence-electron chi connectivity index (χ0n) is 26.6. The lowest BCUT2D eigenvalue weighted by atomic mass is 9.72. The van der Waals surface area contributed by atoms with Crippen molar-refractivity contribution < 1.29 is 44.7 Å². The summed E-state index contributed by atoms with van der Waals surface area (Å²) in [4.78, 5) is 31.2. The van der Waals surface area contributed by atoms with Gasteiger partial charge in [0.2, 0.25) is 0 Å². The van der Waals surface area contributed by atoms with Gasteiger partial charge >= 0.3 is 21.5 Å². The Kier molecular flexibility index (Phi) is 8.22. The van der Waals surface area contributed by atoms with E-state index in [1.54, 1.807) is 48.5 Å². The molecular weight excluding hydrogens is 693 g/mol. The summed E-state index contributed by atoms with van der Waals surface area (Å²) in [7, 11) is -9.58. The lowest BCUT2D eigenvalue weighted by Crippen LogP contribution is -2.27. The molecule has 12 nitrogen and oxygen atoms in total. The number of nitrogens with zero attached hydrogens (tertiary/aromatic N) is 3. The quantitative estimate of drug-likeness (QED) is 0.112. The van der Waals surface area contributed by atoms with Crippen LogP contribution >= 0.6 is 0 Å². The maximum atomic E-state index is 13.5. The van der Waals surface area contributed by atoms with Gasteiger partial charge in [-0.15, -0.1) is 0 Å². The number of ketones is 2. The van der Waals surface area contributed by atoms with Crippen LogP contribution in [0.4, 0.5) is 0 Å². The molecule has 0 saturated heterocycles. The Bertz CT molecular complexity index is 2570. The predicted octanol–water partition coefficient (Wildman–Crippen LogP) is 5.45. The third-order valence-corrected chi connectivity index (χ3v) is 11.8. The summed E-state index contributed by atoms with van der Waals surface area (Å²) in [6, 6.07) is 25.2. The van der Waals surface area contributed by atoms with Crippen LogP contribution in [0.25, 0.3) is 20.9 Å². The molecule has 4 aromatic carbocycles. The number of nitrogens with one attached hydrogen (secondary N) is 1. The highest BCUT2D eigenvalue weighted by molar-refractivity contribution is 7.96. The number of benzene rings is 4.